The second-order valence-electron chi connectivity index (χ2n) is 5.31. The lowest BCUT2D eigenvalue weighted by molar-refractivity contribution is -0.126. The molecule has 1 fully saturated rings. The van der Waals surface area contributed by atoms with E-state index in [1.54, 1.807) is 12.1 Å². The fourth-order valence-corrected chi connectivity index (χ4v) is 3.42. The fraction of sp³-hybridized carbons (Fsp3) is 0.375. The molecule has 7 nitrogen and oxygen atoms in total. The highest BCUT2D eigenvalue weighted by Gasteiger charge is 2.29. The molecule has 1 amide bonds. The van der Waals surface area contributed by atoms with E-state index in [0.717, 1.165) is 10.2 Å². The SMILES string of the molecule is COC[C@H]1O[CH-][N+](=c2cc3sc([C@H](O)CCC#N)nc3c[cH-]2)C1=O. The van der Waals surface area contributed by atoms with Gasteiger partial charge >= 0.3 is 5.91 Å². The van der Waals surface area contributed by atoms with Gasteiger partial charge < -0.3 is 19.6 Å². The molecule has 0 spiro atoms. The van der Waals surface area contributed by atoms with Crippen LogP contribution < -0.4 is 9.93 Å². The van der Waals surface area contributed by atoms with Crippen molar-refractivity contribution >= 4 is 27.5 Å². The lowest BCUT2D eigenvalue weighted by Crippen LogP contribution is -2.34. The van der Waals surface area contributed by atoms with Gasteiger partial charge in [-0.25, -0.2) is 0 Å². The van der Waals surface area contributed by atoms with Crippen LogP contribution in [0.3, 0.4) is 0 Å². The van der Waals surface area contributed by atoms with Gasteiger partial charge in [-0.05, 0) is 11.9 Å². The summed E-state index contributed by atoms with van der Waals surface area (Å²) in [6.45, 7) is 1.58. The second kappa shape index (κ2) is 7.15. The molecule has 1 aliphatic heterocycles. The summed E-state index contributed by atoms with van der Waals surface area (Å²) < 4.78 is 12.6. The van der Waals surface area contributed by atoms with E-state index in [1.807, 2.05) is 12.1 Å². The Balaban J connectivity index is 1.93. The van der Waals surface area contributed by atoms with E-state index < -0.39 is 12.2 Å². The van der Waals surface area contributed by atoms with E-state index in [0.29, 0.717) is 16.8 Å². The maximum atomic E-state index is 12.3. The Labute approximate surface area is 142 Å². The monoisotopic (exact) mass is 346 g/mol. The number of nitriles is 1. The van der Waals surface area contributed by atoms with Crippen molar-refractivity contribution in [3.8, 4) is 6.07 Å². The first-order chi connectivity index (χ1) is 11.6. The highest BCUT2D eigenvalue weighted by atomic mass is 32.1. The van der Waals surface area contributed by atoms with Crippen LogP contribution in [0.1, 0.15) is 24.0 Å². The number of aromatic nitrogens is 1. The number of carbonyl (C=O) groups is 1. The fourth-order valence-electron chi connectivity index (χ4n) is 2.40. The quantitative estimate of drug-likeness (QED) is 0.636. The molecule has 24 heavy (non-hydrogen) atoms. The number of carbonyl (C=O) groups excluding carboxylic acids is 1. The maximum Gasteiger partial charge on any atom is 0.313 e. The Hall–Kier alpha value is -2.18. The van der Waals surface area contributed by atoms with E-state index in [9.17, 15) is 9.90 Å². The molecule has 0 saturated carbocycles. The van der Waals surface area contributed by atoms with Gasteiger partial charge in [0.05, 0.1) is 12.7 Å². The van der Waals surface area contributed by atoms with Crippen LogP contribution in [-0.4, -0.2) is 35.8 Å². The smallest absolute Gasteiger partial charge is 0.313 e. The average Bonchev–Trinajstić information content (AvgIpc) is 3.16. The van der Waals surface area contributed by atoms with Crippen LogP contribution >= 0.6 is 11.3 Å². The summed E-state index contributed by atoms with van der Waals surface area (Å²) >= 11 is 1.35. The molecule has 1 aromatic heterocycles. The minimum atomic E-state index is -0.750. The Bertz CT molecular complexity index is 864. The summed E-state index contributed by atoms with van der Waals surface area (Å²) in [7, 11) is 1.52. The van der Waals surface area contributed by atoms with Crippen molar-refractivity contribution in [1.29, 1.82) is 5.26 Å². The standard InChI is InChI=1S/C16H16N3O4S/c1-22-8-13-16(21)19(9-23-13)10-4-5-11-14(7-10)24-15(18-11)12(20)3-2-6-17/h4-5,7,9,12-13,20H,2-3,8H2,1H3/q-1/t12-,13-/m1/s1. The molecule has 2 aromatic rings. The van der Waals surface area contributed by atoms with Crippen molar-refractivity contribution in [3.05, 3.63) is 35.3 Å². The number of thiazole rings is 1. The molecular weight excluding hydrogens is 330 g/mol. The van der Waals surface area contributed by atoms with Crippen LogP contribution in [0.2, 0.25) is 0 Å². The predicted octanol–water partition coefficient (Wildman–Crippen LogP) is 0.816. The molecule has 8 heteroatoms. The van der Waals surface area contributed by atoms with Gasteiger partial charge in [-0.1, -0.05) is 4.70 Å². The number of hydrogen-bond donors (Lipinski definition) is 1. The summed E-state index contributed by atoms with van der Waals surface area (Å²) in [5.41, 5.74) is 0.746. The Morgan fingerprint density at radius 1 is 1.67 bits per heavy atom. The van der Waals surface area contributed by atoms with Gasteiger partial charge in [0.25, 0.3) is 0 Å². The zero-order valence-corrected chi connectivity index (χ0v) is 13.8. The molecule has 1 aromatic carbocycles. The number of fused-ring (bicyclic) bond motifs is 1. The third-order valence-corrected chi connectivity index (χ3v) is 4.76. The van der Waals surface area contributed by atoms with Crippen molar-refractivity contribution in [3.63, 3.8) is 0 Å². The van der Waals surface area contributed by atoms with Crippen LogP contribution in [0.25, 0.3) is 10.2 Å². The molecule has 1 saturated heterocycles. The molecule has 2 atom stereocenters. The van der Waals surface area contributed by atoms with Crippen LogP contribution in [0.4, 0.5) is 0 Å². The zero-order chi connectivity index (χ0) is 17.1. The minimum absolute atomic E-state index is 0.185. The average molecular weight is 346 g/mol. The highest BCUT2D eigenvalue weighted by molar-refractivity contribution is 7.18. The van der Waals surface area contributed by atoms with Gasteiger partial charge in [0, 0.05) is 18.9 Å². The molecule has 126 valence electrons. The maximum absolute atomic E-state index is 12.3. The largest absolute Gasteiger partial charge is 0.386 e. The number of benzene rings is 1. The number of rotatable bonds is 5. The first-order valence-electron chi connectivity index (χ1n) is 7.40. The summed E-state index contributed by atoms with van der Waals surface area (Å²) in [6.07, 6.45) is -0.748. The Morgan fingerprint density at radius 2 is 2.50 bits per heavy atom. The first kappa shape index (κ1) is 16.7. The van der Waals surface area contributed by atoms with Crippen LogP contribution in [0.5, 0.6) is 0 Å². The van der Waals surface area contributed by atoms with E-state index >= 15 is 0 Å². The van der Waals surface area contributed by atoms with Crippen molar-refractivity contribution in [1.82, 2.24) is 9.56 Å². The topological polar surface area (TPSA) is 95.5 Å². The number of amides is 1. The number of aliphatic hydroxyl groups is 1. The lowest BCUT2D eigenvalue weighted by atomic mass is 10.2. The second-order valence-corrected chi connectivity index (χ2v) is 6.37. The zero-order valence-electron chi connectivity index (χ0n) is 13.0. The van der Waals surface area contributed by atoms with E-state index in [2.05, 4.69) is 4.98 Å². The van der Waals surface area contributed by atoms with Crippen LogP contribution in [0, 0.1) is 18.1 Å². The van der Waals surface area contributed by atoms with Crippen molar-refractivity contribution in [2.24, 2.45) is 0 Å². The summed E-state index contributed by atoms with van der Waals surface area (Å²) in [5.74, 6) is -0.185. The predicted molar refractivity (Wildman–Crippen MR) is 86.3 cm³/mol. The van der Waals surface area contributed by atoms with E-state index in [-0.39, 0.29) is 18.9 Å². The van der Waals surface area contributed by atoms with Crippen LogP contribution in [0.15, 0.2) is 18.2 Å². The summed E-state index contributed by atoms with van der Waals surface area (Å²) in [6, 6.07) is 7.42. The number of ether oxygens (including phenoxy) is 2. The number of aliphatic hydroxyl groups excluding tert-OH is 1. The highest BCUT2D eigenvalue weighted by Crippen LogP contribution is 2.27. The Morgan fingerprint density at radius 3 is 3.25 bits per heavy atom. The number of methoxy groups -OCH3 is 1. The third-order valence-electron chi connectivity index (χ3n) is 3.64. The van der Waals surface area contributed by atoms with Gasteiger partial charge in [-0.15, -0.1) is 17.4 Å². The minimum Gasteiger partial charge on any atom is -0.386 e. The van der Waals surface area contributed by atoms with Gasteiger partial charge in [0.2, 0.25) is 0 Å². The Kier molecular flexibility index (Phi) is 4.97. The van der Waals surface area contributed by atoms with Crippen molar-refractivity contribution < 1.29 is 19.4 Å². The third kappa shape index (κ3) is 3.20. The van der Waals surface area contributed by atoms with Gasteiger partial charge in [0.1, 0.15) is 11.1 Å². The van der Waals surface area contributed by atoms with Crippen molar-refractivity contribution in [2.75, 3.05) is 13.7 Å². The molecule has 1 aliphatic rings. The van der Waals surface area contributed by atoms with Crippen molar-refractivity contribution in [2.45, 2.75) is 25.0 Å². The molecular formula is C16H16N3O4S-. The van der Waals surface area contributed by atoms with E-state index in [4.69, 9.17) is 14.7 Å². The number of nitrogens with zero attached hydrogens (tertiary/aromatic N) is 3. The molecule has 0 bridgehead atoms. The molecule has 0 unspecified atom stereocenters. The van der Waals surface area contributed by atoms with Crippen LogP contribution in [-0.2, 0) is 14.3 Å². The van der Waals surface area contributed by atoms with Gasteiger partial charge in [-0.2, -0.15) is 17.4 Å². The summed E-state index contributed by atoms with van der Waals surface area (Å²) in [4.78, 5) is 16.7. The molecule has 0 aliphatic carbocycles. The molecule has 3 rings (SSSR count). The molecule has 0 radical (unpaired) electrons. The van der Waals surface area contributed by atoms with Gasteiger partial charge in [-0.3, -0.25) is 9.37 Å². The summed E-state index contributed by atoms with van der Waals surface area (Å²) in [5, 5.41) is 19.9. The molecule has 1 N–H and O–H groups in total. The normalized spacial score (nSPS) is 20.9. The van der Waals surface area contributed by atoms with E-state index in [1.165, 1.54) is 29.8 Å². The number of hydrogen-bond acceptors (Lipinski definition) is 7. The van der Waals surface area contributed by atoms with Gasteiger partial charge in [0.15, 0.2) is 12.8 Å². The lowest BCUT2D eigenvalue weighted by Gasteiger charge is -2.04. The molecule has 2 heterocycles. The first-order valence-corrected chi connectivity index (χ1v) is 8.22.